The molecule has 29 heavy (non-hydrogen) atoms. The van der Waals surface area contributed by atoms with E-state index in [1.165, 1.54) is 6.07 Å². The number of hydrogen-bond acceptors (Lipinski definition) is 6. The minimum Gasteiger partial charge on any atom is -0.497 e. The Labute approximate surface area is 164 Å². The summed E-state index contributed by atoms with van der Waals surface area (Å²) in [7, 11) is 1.54. The molecule has 9 heteroatoms. The quantitative estimate of drug-likeness (QED) is 0.611. The van der Waals surface area contributed by atoms with Crippen LogP contribution in [-0.2, 0) is 17.5 Å². The van der Waals surface area contributed by atoms with E-state index in [1.54, 1.807) is 32.2 Å². The monoisotopic (exact) mass is 405 g/mol. The fraction of sp³-hybridized carbons (Fsp3) is 0.250. The van der Waals surface area contributed by atoms with Gasteiger partial charge in [-0.1, -0.05) is 12.1 Å². The lowest BCUT2D eigenvalue weighted by atomic mass is 10.1. The maximum atomic E-state index is 13.0. The third kappa shape index (κ3) is 4.74. The van der Waals surface area contributed by atoms with Crippen molar-refractivity contribution < 1.29 is 27.4 Å². The number of benzene rings is 2. The molecule has 3 aromatic rings. The number of anilines is 1. The topological polar surface area (TPSA) is 73.3 Å². The van der Waals surface area contributed by atoms with Gasteiger partial charge in [0.1, 0.15) is 5.75 Å². The Balaban J connectivity index is 2.00. The summed E-state index contributed by atoms with van der Waals surface area (Å²) in [6.07, 6.45) is -4.51. The minimum absolute atomic E-state index is 0.0148. The Morgan fingerprint density at radius 3 is 2.59 bits per heavy atom. The van der Waals surface area contributed by atoms with Crippen LogP contribution in [0.1, 0.15) is 28.5 Å². The van der Waals surface area contributed by atoms with Gasteiger partial charge in [0.2, 0.25) is 0 Å². The second kappa shape index (κ2) is 8.34. The van der Waals surface area contributed by atoms with Gasteiger partial charge in [-0.2, -0.15) is 13.2 Å². The summed E-state index contributed by atoms with van der Waals surface area (Å²) in [6.45, 7) is 2.02. The zero-order valence-electron chi connectivity index (χ0n) is 15.7. The molecule has 2 aromatic carbocycles. The largest absolute Gasteiger partial charge is 0.497 e. The fourth-order valence-corrected chi connectivity index (χ4v) is 2.66. The number of nitrogens with zero attached hydrogens (tertiary/aromatic N) is 2. The number of alkyl halides is 3. The molecule has 0 amide bonds. The van der Waals surface area contributed by atoms with Crippen LogP contribution in [0.3, 0.4) is 0 Å². The van der Waals surface area contributed by atoms with Crippen LogP contribution in [-0.4, -0.2) is 29.7 Å². The molecule has 3 rings (SSSR count). The molecule has 0 fully saturated rings. The van der Waals surface area contributed by atoms with Crippen molar-refractivity contribution in [2.45, 2.75) is 19.6 Å². The number of ether oxygens (including phenoxy) is 2. The van der Waals surface area contributed by atoms with Crippen molar-refractivity contribution in [3.63, 3.8) is 0 Å². The predicted molar refractivity (Wildman–Crippen MR) is 101 cm³/mol. The van der Waals surface area contributed by atoms with E-state index in [0.29, 0.717) is 5.75 Å². The summed E-state index contributed by atoms with van der Waals surface area (Å²) in [5.41, 5.74) is 0.0584. The zero-order valence-corrected chi connectivity index (χ0v) is 15.7. The molecule has 1 heterocycles. The van der Waals surface area contributed by atoms with E-state index in [1.807, 2.05) is 6.07 Å². The predicted octanol–water partition coefficient (Wildman–Crippen LogP) is 4.45. The van der Waals surface area contributed by atoms with E-state index >= 15 is 0 Å². The number of hydrogen-bond donors (Lipinski definition) is 1. The molecule has 0 saturated heterocycles. The average Bonchev–Trinajstić information content (AvgIpc) is 2.70. The van der Waals surface area contributed by atoms with Crippen molar-refractivity contribution in [1.29, 1.82) is 0 Å². The summed E-state index contributed by atoms with van der Waals surface area (Å²) in [5, 5.41) is 2.96. The smallest absolute Gasteiger partial charge is 0.416 e. The van der Waals surface area contributed by atoms with Crippen LogP contribution in [0.2, 0.25) is 0 Å². The van der Waals surface area contributed by atoms with E-state index < -0.39 is 17.7 Å². The third-order valence-corrected chi connectivity index (χ3v) is 4.05. The first kappa shape index (κ1) is 20.4. The van der Waals surface area contributed by atoms with Crippen LogP contribution < -0.4 is 10.1 Å². The molecule has 0 aliphatic heterocycles. The number of halogens is 3. The Bertz CT molecular complexity index is 1040. The molecule has 0 saturated carbocycles. The van der Waals surface area contributed by atoms with E-state index in [-0.39, 0.29) is 35.7 Å². The van der Waals surface area contributed by atoms with Gasteiger partial charge in [-0.3, -0.25) is 0 Å². The molecule has 0 unspecified atom stereocenters. The highest BCUT2D eigenvalue weighted by Crippen LogP contribution is 2.31. The Morgan fingerprint density at radius 2 is 1.90 bits per heavy atom. The fourth-order valence-electron chi connectivity index (χ4n) is 2.66. The maximum absolute atomic E-state index is 13.0. The van der Waals surface area contributed by atoms with Crippen molar-refractivity contribution in [2.24, 2.45) is 0 Å². The van der Waals surface area contributed by atoms with Crippen LogP contribution in [0.25, 0.3) is 11.0 Å². The lowest BCUT2D eigenvalue weighted by molar-refractivity contribution is -0.137. The molecular formula is C20H18F3N3O3. The molecule has 6 nitrogen and oxygen atoms in total. The number of rotatable bonds is 6. The number of nitrogens with one attached hydrogen (secondary N) is 1. The summed E-state index contributed by atoms with van der Waals surface area (Å²) < 4.78 is 49.2. The molecule has 0 spiro atoms. The highest BCUT2D eigenvalue weighted by molar-refractivity contribution is 5.95. The summed E-state index contributed by atoms with van der Waals surface area (Å²) >= 11 is 0. The van der Waals surface area contributed by atoms with Gasteiger partial charge < -0.3 is 14.8 Å². The van der Waals surface area contributed by atoms with Crippen LogP contribution in [0.15, 0.2) is 42.5 Å². The van der Waals surface area contributed by atoms with Gasteiger partial charge in [-0.15, -0.1) is 0 Å². The first-order chi connectivity index (χ1) is 13.8. The molecule has 0 bridgehead atoms. The third-order valence-electron chi connectivity index (χ3n) is 4.05. The number of carbonyl (C=O) groups excluding carboxylic acids is 1. The van der Waals surface area contributed by atoms with Crippen molar-refractivity contribution in [3.8, 4) is 5.75 Å². The summed E-state index contributed by atoms with van der Waals surface area (Å²) in [4.78, 5) is 20.7. The normalized spacial score (nSPS) is 11.3. The van der Waals surface area contributed by atoms with E-state index in [4.69, 9.17) is 9.47 Å². The van der Waals surface area contributed by atoms with E-state index in [2.05, 4.69) is 15.3 Å². The van der Waals surface area contributed by atoms with E-state index in [0.717, 1.165) is 17.7 Å². The van der Waals surface area contributed by atoms with Crippen LogP contribution >= 0.6 is 0 Å². The number of esters is 1. The lowest BCUT2D eigenvalue weighted by Crippen LogP contribution is -2.14. The second-order valence-corrected chi connectivity index (χ2v) is 6.05. The highest BCUT2D eigenvalue weighted by atomic mass is 19.4. The molecule has 1 aromatic heterocycles. The van der Waals surface area contributed by atoms with Crippen molar-refractivity contribution in [3.05, 3.63) is 59.3 Å². The maximum Gasteiger partial charge on any atom is 0.416 e. The van der Waals surface area contributed by atoms with Gasteiger partial charge >= 0.3 is 12.1 Å². The summed E-state index contributed by atoms with van der Waals surface area (Å²) in [5.74, 6) is -0.0256. The standard InChI is InChI=1S/C20H18F3N3O3/c1-3-29-19(27)17-18(24-11-12-5-4-6-14(9-12)28-2)26-16-10-13(20(21,22)23)7-8-15(16)25-17/h4-10H,3,11H2,1-2H3,(H,24,26). The molecule has 0 radical (unpaired) electrons. The zero-order chi connectivity index (χ0) is 21.0. The van der Waals surface area contributed by atoms with Crippen molar-refractivity contribution in [1.82, 2.24) is 9.97 Å². The Kier molecular flexibility index (Phi) is 5.86. The molecule has 1 N–H and O–H groups in total. The van der Waals surface area contributed by atoms with Gasteiger partial charge in [-0.25, -0.2) is 14.8 Å². The Morgan fingerprint density at radius 1 is 1.10 bits per heavy atom. The average molecular weight is 405 g/mol. The van der Waals surface area contributed by atoms with Crippen LogP contribution in [0, 0.1) is 0 Å². The number of methoxy groups -OCH3 is 1. The van der Waals surface area contributed by atoms with Crippen LogP contribution in [0.5, 0.6) is 5.75 Å². The highest BCUT2D eigenvalue weighted by Gasteiger charge is 2.31. The van der Waals surface area contributed by atoms with Gasteiger partial charge in [0.25, 0.3) is 0 Å². The van der Waals surface area contributed by atoms with Gasteiger partial charge in [0.05, 0.1) is 30.3 Å². The minimum atomic E-state index is -4.51. The first-order valence-corrected chi connectivity index (χ1v) is 8.74. The van der Waals surface area contributed by atoms with Crippen molar-refractivity contribution >= 4 is 22.8 Å². The first-order valence-electron chi connectivity index (χ1n) is 8.74. The van der Waals surface area contributed by atoms with Gasteiger partial charge in [0, 0.05) is 6.54 Å². The number of aromatic nitrogens is 2. The molecule has 0 aliphatic rings. The lowest BCUT2D eigenvalue weighted by Gasteiger charge is -2.13. The molecule has 152 valence electrons. The number of fused-ring (bicyclic) bond motifs is 1. The SMILES string of the molecule is CCOC(=O)c1nc2ccc(C(F)(F)F)cc2nc1NCc1cccc(OC)c1. The molecule has 0 atom stereocenters. The molecule has 0 aliphatic carbocycles. The number of carbonyl (C=O) groups is 1. The van der Waals surface area contributed by atoms with E-state index in [9.17, 15) is 18.0 Å². The Hall–Kier alpha value is -3.36. The van der Waals surface area contributed by atoms with Gasteiger partial charge in [0.15, 0.2) is 11.5 Å². The van der Waals surface area contributed by atoms with Crippen LogP contribution in [0.4, 0.5) is 19.0 Å². The van der Waals surface area contributed by atoms with Crippen molar-refractivity contribution in [2.75, 3.05) is 19.0 Å². The second-order valence-electron chi connectivity index (χ2n) is 6.05. The van der Waals surface area contributed by atoms with Gasteiger partial charge in [-0.05, 0) is 42.8 Å². The molecular weight excluding hydrogens is 387 g/mol. The summed E-state index contributed by atoms with van der Waals surface area (Å²) in [6, 6.07) is 10.2.